The normalized spacial score (nSPS) is 23.6. The third kappa shape index (κ3) is 6.75. The molecule has 276 valence electrons. The highest BCUT2D eigenvalue weighted by Crippen LogP contribution is 2.60. The minimum absolute atomic E-state index is 0.130. The number of hydrogen-bond acceptors (Lipinski definition) is 6. The second kappa shape index (κ2) is 14.4. The molecule has 0 saturated carbocycles. The summed E-state index contributed by atoms with van der Waals surface area (Å²) in [5.74, 6) is -0.874. The summed E-state index contributed by atoms with van der Waals surface area (Å²) in [6.07, 6.45) is -0.495. The fourth-order valence-corrected chi connectivity index (χ4v) is 11.2. The molecule has 0 unspecified atom stereocenters. The molecule has 1 saturated heterocycles. The molecule has 5 atom stereocenters. The first kappa shape index (κ1) is 36.8. The molecule has 4 aromatic rings. The van der Waals surface area contributed by atoms with Crippen LogP contribution < -0.4 is 15.0 Å². The number of aliphatic hydroxyl groups is 1. The predicted octanol–water partition coefficient (Wildman–Crippen LogP) is 7.26. The molecule has 2 N–H and O–H groups in total. The van der Waals surface area contributed by atoms with Crippen LogP contribution >= 0.6 is 11.6 Å². The monoisotopic (exact) mass is 755 g/mol. The summed E-state index contributed by atoms with van der Waals surface area (Å²) in [7, 11) is -2.00. The number of benzene rings is 4. The summed E-state index contributed by atoms with van der Waals surface area (Å²) >= 11 is 6.56. The fourth-order valence-electron chi connectivity index (χ4n) is 8.58. The number of nitrogens with one attached hydrogen (secondary N) is 1. The van der Waals surface area contributed by atoms with E-state index in [1.165, 1.54) is 0 Å². The van der Waals surface area contributed by atoms with E-state index in [-0.39, 0.29) is 37.3 Å². The molecule has 4 aromatic carbocycles. The number of carbonyl (C=O) groups excluding carboxylic acids is 3. The Hall–Kier alpha value is -4.55. The maximum absolute atomic E-state index is 16.5. The Bertz CT molecular complexity index is 2060. The molecule has 3 heterocycles. The maximum Gasteiger partial charge on any atom is 0.264 e. The van der Waals surface area contributed by atoms with Crippen molar-refractivity contribution in [3.8, 4) is 5.75 Å². The van der Waals surface area contributed by atoms with Gasteiger partial charge in [-0.3, -0.25) is 14.4 Å². The Morgan fingerprint density at radius 1 is 1.04 bits per heavy atom. The molecule has 1 spiro atoms. The molecule has 12 heteroatoms. The minimum Gasteiger partial charge on any atom is -0.497 e. The van der Waals surface area contributed by atoms with Gasteiger partial charge in [-0.2, -0.15) is 0 Å². The Morgan fingerprint density at radius 2 is 1.77 bits per heavy atom. The van der Waals surface area contributed by atoms with Gasteiger partial charge in [0.1, 0.15) is 5.75 Å². The third-order valence-electron chi connectivity index (χ3n) is 11.1. The van der Waals surface area contributed by atoms with Crippen molar-refractivity contribution in [1.82, 2.24) is 4.90 Å². The van der Waals surface area contributed by atoms with Gasteiger partial charge in [0.25, 0.3) is 11.8 Å². The number of methoxy groups -OCH3 is 1. The Kier molecular flexibility index (Phi) is 9.96. The van der Waals surface area contributed by atoms with Crippen molar-refractivity contribution < 1.29 is 33.1 Å². The van der Waals surface area contributed by atoms with Gasteiger partial charge in [0.2, 0.25) is 14.3 Å². The lowest BCUT2D eigenvalue weighted by Gasteiger charge is -2.37. The Balaban J connectivity index is 1.17. The van der Waals surface area contributed by atoms with E-state index >= 15 is 4.11 Å². The van der Waals surface area contributed by atoms with E-state index in [4.69, 9.17) is 21.1 Å². The zero-order valence-electron chi connectivity index (χ0n) is 30.1. The first-order valence-corrected chi connectivity index (χ1v) is 21.2. The summed E-state index contributed by atoms with van der Waals surface area (Å²) in [5, 5.41) is 13.6. The quantitative estimate of drug-likeness (QED) is 0.138. The van der Waals surface area contributed by atoms with Crippen LogP contribution in [0.4, 0.5) is 15.5 Å². The van der Waals surface area contributed by atoms with Gasteiger partial charge < -0.3 is 33.8 Å². The van der Waals surface area contributed by atoms with Crippen molar-refractivity contribution in [2.45, 2.75) is 69.2 Å². The van der Waals surface area contributed by atoms with Gasteiger partial charge in [0, 0.05) is 39.8 Å². The molecule has 7 rings (SSSR count). The summed E-state index contributed by atoms with van der Waals surface area (Å²) in [6, 6.07) is 26.7. The molecule has 53 heavy (non-hydrogen) atoms. The highest BCUT2D eigenvalue weighted by Gasteiger charge is 2.67. The second-order valence-corrected chi connectivity index (χ2v) is 19.0. The highest BCUT2D eigenvalue weighted by atomic mass is 35.5. The molecular weight excluding hydrogens is 713 g/mol. The lowest BCUT2D eigenvalue weighted by Crippen LogP contribution is -2.48. The van der Waals surface area contributed by atoms with Crippen LogP contribution in [-0.4, -0.2) is 62.0 Å². The number of carbonyl (C=O) groups is 3. The number of ether oxygens (including phenoxy) is 2. The summed E-state index contributed by atoms with van der Waals surface area (Å²) < 4.78 is 28.5. The Labute approximate surface area is 314 Å². The first-order valence-electron chi connectivity index (χ1n) is 17.8. The van der Waals surface area contributed by atoms with E-state index in [9.17, 15) is 19.5 Å². The lowest BCUT2D eigenvalue weighted by molar-refractivity contribution is -0.151. The average Bonchev–Trinajstić information content (AvgIpc) is 3.56. The van der Waals surface area contributed by atoms with Crippen LogP contribution in [0, 0.1) is 5.92 Å². The second-order valence-electron chi connectivity index (χ2n) is 14.7. The molecular formula is C41H43ClFN3O6Si. The topological polar surface area (TPSA) is 108 Å². The van der Waals surface area contributed by atoms with Crippen molar-refractivity contribution >= 4 is 49.1 Å². The number of aliphatic hydroxyl groups excluding tert-OH is 1. The number of fused-ring (bicyclic) bond motifs is 3. The van der Waals surface area contributed by atoms with Gasteiger partial charge in [-0.15, -0.1) is 0 Å². The third-order valence-corrected chi connectivity index (χ3v) is 13.8. The minimum atomic E-state index is -3.56. The molecule has 3 aliphatic heterocycles. The molecule has 0 aliphatic carbocycles. The summed E-state index contributed by atoms with van der Waals surface area (Å²) in [4.78, 5) is 45.3. The van der Waals surface area contributed by atoms with E-state index < -0.39 is 37.6 Å². The summed E-state index contributed by atoms with van der Waals surface area (Å²) in [5.41, 5.74) is 2.74. The van der Waals surface area contributed by atoms with Gasteiger partial charge >= 0.3 is 0 Å². The van der Waals surface area contributed by atoms with E-state index in [1.54, 1.807) is 84.6 Å². The molecule has 9 nitrogen and oxygen atoms in total. The van der Waals surface area contributed by atoms with Crippen LogP contribution in [0.5, 0.6) is 5.75 Å². The van der Waals surface area contributed by atoms with Crippen LogP contribution in [0.2, 0.25) is 23.7 Å². The maximum atomic E-state index is 16.5. The number of nitrogens with zero attached hydrogens (tertiary/aromatic N) is 2. The van der Waals surface area contributed by atoms with E-state index in [1.807, 2.05) is 43.3 Å². The van der Waals surface area contributed by atoms with Crippen LogP contribution in [0.3, 0.4) is 0 Å². The molecule has 0 bridgehead atoms. The Morgan fingerprint density at radius 3 is 2.47 bits per heavy atom. The van der Waals surface area contributed by atoms with Gasteiger partial charge in [0.05, 0.1) is 44.5 Å². The standard InChI is InChI=1S/C41H43ClFN3O6Si/c1-25-38(53(3,4)43)36(21-37(48)45-23-29-10-6-5-9-28(29)19-32(45)24-47)52-41(25)34-20-30(42)14-17-35(34)46(40(41)50)22-26-8-7-11-31(18-26)44-39(49)27-12-15-33(51-2)16-13-27/h5-18,20,25,32,36,38,47H,19,21-24H2,1-4H3,(H,44,49)/t25-,32-,36+,38-,41+/m0/s1. The van der Waals surface area contributed by atoms with Crippen molar-refractivity contribution in [1.29, 1.82) is 0 Å². The number of hydrogen-bond donors (Lipinski definition) is 2. The van der Waals surface area contributed by atoms with Crippen LogP contribution in [0.15, 0.2) is 91.0 Å². The van der Waals surface area contributed by atoms with Crippen molar-refractivity contribution in [3.05, 3.63) is 124 Å². The summed E-state index contributed by atoms with van der Waals surface area (Å²) in [6.45, 7) is 5.32. The van der Waals surface area contributed by atoms with Crippen LogP contribution in [0.1, 0.15) is 46.0 Å². The van der Waals surface area contributed by atoms with E-state index in [0.29, 0.717) is 46.2 Å². The molecule has 1 fully saturated rings. The first-order chi connectivity index (χ1) is 25.3. The fraction of sp³-hybridized carbons (Fsp3) is 0.341. The largest absolute Gasteiger partial charge is 0.497 e. The SMILES string of the molecule is COc1ccc(C(=O)Nc2cccc(CN3C(=O)[C@]4(O[C@H](CC(=O)N5Cc6ccccc6C[C@H]5CO)[C@@H]([Si](C)(C)F)[C@@H]4C)c4cc(Cl)ccc43)c2)cc1. The van der Waals surface area contributed by atoms with Crippen molar-refractivity contribution in [2.75, 3.05) is 23.9 Å². The van der Waals surface area contributed by atoms with Crippen molar-refractivity contribution in [2.24, 2.45) is 5.92 Å². The molecule has 3 amide bonds. The van der Waals surface area contributed by atoms with Crippen LogP contribution in [0.25, 0.3) is 0 Å². The van der Waals surface area contributed by atoms with Crippen LogP contribution in [-0.2, 0) is 39.4 Å². The highest BCUT2D eigenvalue weighted by molar-refractivity contribution is 6.72. The van der Waals surface area contributed by atoms with E-state index in [0.717, 1.165) is 16.7 Å². The zero-order chi connectivity index (χ0) is 37.7. The van der Waals surface area contributed by atoms with Crippen molar-refractivity contribution in [3.63, 3.8) is 0 Å². The van der Waals surface area contributed by atoms with Gasteiger partial charge in [-0.25, -0.2) is 0 Å². The molecule has 0 radical (unpaired) electrons. The number of anilines is 2. The lowest BCUT2D eigenvalue weighted by atomic mass is 9.82. The number of amides is 3. The molecule has 0 aromatic heterocycles. The average molecular weight is 756 g/mol. The zero-order valence-corrected chi connectivity index (χ0v) is 31.9. The number of rotatable bonds is 9. The van der Waals surface area contributed by atoms with Gasteiger partial charge in [-0.05, 0) is 90.8 Å². The van der Waals surface area contributed by atoms with Gasteiger partial charge in [-0.1, -0.05) is 54.9 Å². The number of halogens is 2. The predicted molar refractivity (Wildman–Crippen MR) is 204 cm³/mol. The van der Waals surface area contributed by atoms with Gasteiger partial charge in [0.15, 0.2) is 5.60 Å². The van der Waals surface area contributed by atoms with E-state index in [2.05, 4.69) is 5.32 Å². The smallest absolute Gasteiger partial charge is 0.264 e. The molecule has 3 aliphatic rings.